The summed E-state index contributed by atoms with van der Waals surface area (Å²) in [6.45, 7) is 2.57. The second-order valence-corrected chi connectivity index (χ2v) is 6.78. The topological polar surface area (TPSA) is 59.0 Å². The number of fused-ring (bicyclic) bond motifs is 2. The van der Waals surface area contributed by atoms with Gasteiger partial charge in [0.2, 0.25) is 5.91 Å². The number of anilines is 1. The number of amides is 1. The van der Waals surface area contributed by atoms with Crippen LogP contribution in [0.2, 0.25) is 0 Å². The Hall–Kier alpha value is -1.59. The van der Waals surface area contributed by atoms with Crippen molar-refractivity contribution in [2.75, 3.05) is 11.5 Å². The number of ether oxygens (including phenoxy) is 2. The van der Waals surface area contributed by atoms with Crippen molar-refractivity contribution in [2.24, 2.45) is 23.7 Å². The second kappa shape index (κ2) is 4.24. The van der Waals surface area contributed by atoms with Gasteiger partial charge in [-0.05, 0) is 49.4 Å². The van der Waals surface area contributed by atoms with Crippen molar-refractivity contribution in [2.45, 2.75) is 31.8 Å². The Bertz CT molecular complexity index is 630. The maximum absolute atomic E-state index is 12.9. The van der Waals surface area contributed by atoms with E-state index >= 15 is 0 Å². The van der Waals surface area contributed by atoms with Gasteiger partial charge in [-0.15, -0.1) is 0 Å². The van der Waals surface area contributed by atoms with Gasteiger partial charge in [0.25, 0.3) is 0 Å². The Balaban J connectivity index is 1.49. The number of hydrogen-bond donors (Lipinski definition) is 1. The van der Waals surface area contributed by atoms with Gasteiger partial charge in [0.1, 0.15) is 12.0 Å². The molecule has 7 atom stereocenters. The minimum atomic E-state index is -0.456. The SMILES string of the molecule is CCOc1ccc(N2C(=O)[C@@H]3[C@H]4C[C@H]5[C@H](O[C@@H]2[C@@H]53)[C@H]4O)cc1. The molecule has 116 valence electrons. The number of hydrogen-bond acceptors (Lipinski definition) is 4. The number of benzene rings is 1. The molecular weight excluding hydrogens is 282 g/mol. The molecule has 5 heteroatoms. The fourth-order valence-corrected chi connectivity index (χ4v) is 5.20. The van der Waals surface area contributed by atoms with E-state index in [-0.39, 0.29) is 36.0 Å². The van der Waals surface area contributed by atoms with Crippen molar-refractivity contribution in [3.8, 4) is 5.75 Å². The summed E-state index contributed by atoms with van der Waals surface area (Å²) in [5, 5.41) is 10.3. The standard InChI is InChI=1S/C17H19NO4/c1-2-21-9-5-3-8(4-6-9)18-16(20)12-10-7-11-13(12)17(18)22-15(11)14(10)19/h3-6,10-15,17,19H,2,7H2,1H3/t10-,11-,12-,13+,14+,15+,17-/m1/s1. The highest BCUT2D eigenvalue weighted by Crippen LogP contribution is 2.63. The van der Waals surface area contributed by atoms with E-state index in [1.807, 2.05) is 31.2 Å². The fraction of sp³-hybridized carbons (Fsp3) is 0.588. The minimum Gasteiger partial charge on any atom is -0.494 e. The summed E-state index contributed by atoms with van der Waals surface area (Å²) in [5.74, 6) is 1.56. The molecule has 2 aliphatic carbocycles. The average Bonchev–Trinajstić information content (AvgIpc) is 3.18. The van der Waals surface area contributed by atoms with Crippen LogP contribution < -0.4 is 9.64 Å². The Morgan fingerprint density at radius 2 is 2.09 bits per heavy atom. The maximum atomic E-state index is 12.9. The van der Waals surface area contributed by atoms with Gasteiger partial charge in [-0.3, -0.25) is 9.69 Å². The molecule has 2 saturated heterocycles. The largest absolute Gasteiger partial charge is 0.494 e. The van der Waals surface area contributed by atoms with Gasteiger partial charge in [-0.1, -0.05) is 0 Å². The van der Waals surface area contributed by atoms with Gasteiger partial charge < -0.3 is 14.6 Å². The molecule has 2 heterocycles. The normalized spacial score (nSPS) is 44.2. The zero-order chi connectivity index (χ0) is 15.0. The highest BCUT2D eigenvalue weighted by atomic mass is 16.5. The Morgan fingerprint density at radius 1 is 1.32 bits per heavy atom. The van der Waals surface area contributed by atoms with Crippen LogP contribution in [0.1, 0.15) is 13.3 Å². The van der Waals surface area contributed by atoms with Gasteiger partial charge >= 0.3 is 0 Å². The molecule has 1 aromatic carbocycles. The van der Waals surface area contributed by atoms with Crippen molar-refractivity contribution in [1.82, 2.24) is 0 Å². The van der Waals surface area contributed by atoms with Gasteiger partial charge in [0.05, 0.1) is 24.7 Å². The summed E-state index contributed by atoms with van der Waals surface area (Å²) in [6.07, 6.45) is 0.213. The van der Waals surface area contributed by atoms with Crippen molar-refractivity contribution < 1.29 is 19.4 Å². The summed E-state index contributed by atoms with van der Waals surface area (Å²) in [7, 11) is 0. The van der Waals surface area contributed by atoms with Gasteiger partial charge in [-0.2, -0.15) is 0 Å². The van der Waals surface area contributed by atoms with Crippen LogP contribution in [0.15, 0.2) is 24.3 Å². The molecule has 2 saturated carbocycles. The predicted octanol–water partition coefficient (Wildman–Crippen LogP) is 1.40. The first-order valence-corrected chi connectivity index (χ1v) is 8.10. The van der Waals surface area contributed by atoms with Crippen LogP contribution >= 0.6 is 0 Å². The Morgan fingerprint density at radius 3 is 2.82 bits per heavy atom. The number of carbonyl (C=O) groups excluding carboxylic acids is 1. The molecule has 1 aromatic rings. The van der Waals surface area contributed by atoms with Crippen LogP contribution in [0.3, 0.4) is 0 Å². The number of rotatable bonds is 3. The molecule has 2 aliphatic heterocycles. The monoisotopic (exact) mass is 301 g/mol. The van der Waals surface area contributed by atoms with Crippen LogP contribution in [0, 0.1) is 23.7 Å². The molecule has 0 radical (unpaired) electrons. The maximum Gasteiger partial charge on any atom is 0.233 e. The molecule has 4 aliphatic rings. The molecule has 5 nitrogen and oxygen atoms in total. The van der Waals surface area contributed by atoms with Crippen LogP contribution in [0.4, 0.5) is 5.69 Å². The molecule has 1 amide bonds. The van der Waals surface area contributed by atoms with E-state index in [0.29, 0.717) is 12.5 Å². The Kier molecular flexibility index (Phi) is 2.48. The van der Waals surface area contributed by atoms with Crippen LogP contribution in [-0.2, 0) is 9.53 Å². The van der Waals surface area contributed by atoms with Crippen molar-refractivity contribution in [1.29, 1.82) is 0 Å². The number of aliphatic hydroxyl groups is 1. The van der Waals surface area contributed by atoms with Gasteiger partial charge in [0.15, 0.2) is 0 Å². The predicted molar refractivity (Wildman–Crippen MR) is 78.3 cm³/mol. The quantitative estimate of drug-likeness (QED) is 0.917. The summed E-state index contributed by atoms with van der Waals surface area (Å²) < 4.78 is 11.5. The summed E-state index contributed by atoms with van der Waals surface area (Å²) in [5.41, 5.74) is 0.863. The summed E-state index contributed by atoms with van der Waals surface area (Å²) in [4.78, 5) is 14.7. The highest BCUT2D eigenvalue weighted by molar-refractivity contribution is 5.99. The lowest BCUT2D eigenvalue weighted by Crippen LogP contribution is -2.43. The average molecular weight is 301 g/mol. The minimum absolute atomic E-state index is 0.0599. The lowest BCUT2D eigenvalue weighted by molar-refractivity contribution is -0.128. The molecule has 2 bridgehead atoms. The lowest BCUT2D eigenvalue weighted by atomic mass is 9.80. The molecule has 5 rings (SSSR count). The van der Waals surface area contributed by atoms with E-state index in [2.05, 4.69) is 0 Å². The van der Waals surface area contributed by atoms with Crippen molar-refractivity contribution in [3.05, 3.63) is 24.3 Å². The van der Waals surface area contributed by atoms with E-state index < -0.39 is 6.10 Å². The first-order valence-electron chi connectivity index (χ1n) is 8.10. The van der Waals surface area contributed by atoms with Crippen molar-refractivity contribution >= 4 is 11.6 Å². The van der Waals surface area contributed by atoms with Gasteiger partial charge in [-0.25, -0.2) is 0 Å². The number of nitrogens with zero attached hydrogens (tertiary/aromatic N) is 1. The van der Waals surface area contributed by atoms with Crippen molar-refractivity contribution in [3.63, 3.8) is 0 Å². The Labute approximate surface area is 128 Å². The van der Waals surface area contributed by atoms with E-state index in [0.717, 1.165) is 17.9 Å². The van der Waals surface area contributed by atoms with Crippen LogP contribution in [-0.4, -0.2) is 36.1 Å². The molecular formula is C17H19NO4. The summed E-state index contributed by atoms with van der Waals surface area (Å²) >= 11 is 0. The molecule has 22 heavy (non-hydrogen) atoms. The third-order valence-corrected chi connectivity index (χ3v) is 5.94. The molecule has 1 N–H and O–H groups in total. The lowest BCUT2D eigenvalue weighted by Gasteiger charge is -2.30. The zero-order valence-electron chi connectivity index (χ0n) is 12.4. The van der Waals surface area contributed by atoms with E-state index in [4.69, 9.17) is 9.47 Å². The third kappa shape index (κ3) is 1.39. The second-order valence-electron chi connectivity index (χ2n) is 6.78. The van der Waals surface area contributed by atoms with Crippen LogP contribution in [0.5, 0.6) is 5.75 Å². The van der Waals surface area contributed by atoms with E-state index in [9.17, 15) is 9.90 Å². The zero-order valence-corrected chi connectivity index (χ0v) is 12.4. The highest BCUT2D eigenvalue weighted by Gasteiger charge is 2.72. The van der Waals surface area contributed by atoms with Crippen LogP contribution in [0.25, 0.3) is 0 Å². The molecule has 0 aromatic heterocycles. The third-order valence-electron chi connectivity index (χ3n) is 5.94. The smallest absolute Gasteiger partial charge is 0.233 e. The number of aliphatic hydroxyl groups excluding tert-OH is 1. The molecule has 0 spiro atoms. The first-order chi connectivity index (χ1) is 10.7. The van der Waals surface area contributed by atoms with Gasteiger partial charge in [0, 0.05) is 11.6 Å². The fourth-order valence-electron chi connectivity index (χ4n) is 5.20. The number of carbonyl (C=O) groups is 1. The summed E-state index contributed by atoms with van der Waals surface area (Å²) in [6, 6.07) is 7.62. The first kappa shape index (κ1) is 12.9. The van der Waals surface area contributed by atoms with E-state index in [1.54, 1.807) is 4.90 Å². The molecule has 0 unspecified atom stereocenters. The van der Waals surface area contributed by atoms with E-state index in [1.165, 1.54) is 0 Å². The molecule has 4 fully saturated rings.